The van der Waals surface area contributed by atoms with Crippen LogP contribution in [0.15, 0.2) is 53.9 Å². The van der Waals surface area contributed by atoms with Crippen molar-refractivity contribution >= 4 is 40.0 Å². The van der Waals surface area contributed by atoms with Gasteiger partial charge in [0, 0.05) is 47.4 Å². The van der Waals surface area contributed by atoms with Gasteiger partial charge in [-0.15, -0.1) is 0 Å². The fourth-order valence-corrected chi connectivity index (χ4v) is 5.15. The van der Waals surface area contributed by atoms with E-state index in [1.165, 1.54) is 24.0 Å². The number of carbonyl (C=O) groups excluding carboxylic acids is 2. The maximum atomic E-state index is 13.9. The molecule has 5 rings (SSSR count). The minimum absolute atomic E-state index is 0.172. The Balaban J connectivity index is 1.82. The zero-order chi connectivity index (χ0) is 22.7. The fraction of sp³-hybridized carbons (Fsp3) is 0.280. The number of anilines is 1. The van der Waals surface area contributed by atoms with Crippen LogP contribution < -0.4 is 5.32 Å². The Morgan fingerprint density at radius 2 is 2.03 bits per heavy atom. The molecule has 2 amide bonds. The first-order valence-corrected chi connectivity index (χ1v) is 11.0. The summed E-state index contributed by atoms with van der Waals surface area (Å²) in [6.45, 7) is 6.67. The fourth-order valence-electron chi connectivity index (χ4n) is 4.88. The highest BCUT2D eigenvalue weighted by Gasteiger charge is 2.42. The Morgan fingerprint density at radius 1 is 1.25 bits per heavy atom. The van der Waals surface area contributed by atoms with Crippen LogP contribution in [-0.4, -0.2) is 27.8 Å². The van der Waals surface area contributed by atoms with E-state index in [4.69, 9.17) is 11.6 Å². The topological polar surface area (TPSA) is 54.3 Å². The van der Waals surface area contributed by atoms with Crippen molar-refractivity contribution in [2.24, 2.45) is 5.92 Å². The number of hydrogen-bond donors (Lipinski definition) is 1. The molecule has 2 aliphatic rings. The molecule has 1 aromatic heterocycles. The van der Waals surface area contributed by atoms with Crippen LogP contribution in [0.4, 0.5) is 10.1 Å². The molecule has 0 unspecified atom stereocenters. The molecule has 0 radical (unpaired) electrons. The van der Waals surface area contributed by atoms with E-state index < -0.39 is 11.7 Å². The first-order chi connectivity index (χ1) is 15.3. The second-order valence-corrected chi connectivity index (χ2v) is 9.26. The lowest BCUT2D eigenvalue weighted by Crippen LogP contribution is -2.33. The smallest absolute Gasteiger partial charge is 0.259 e. The lowest BCUT2D eigenvalue weighted by atomic mass is 9.84. The summed E-state index contributed by atoms with van der Waals surface area (Å²) in [5.41, 5.74) is 4.65. The number of aromatic nitrogens is 1. The largest absolute Gasteiger partial charge is 0.356 e. The molecule has 2 aromatic carbocycles. The summed E-state index contributed by atoms with van der Waals surface area (Å²) in [5, 5.41) is 4.69. The maximum absolute atomic E-state index is 13.9. The normalized spacial score (nSPS) is 17.8. The van der Waals surface area contributed by atoms with Crippen LogP contribution in [0.1, 0.15) is 37.8 Å². The lowest BCUT2D eigenvalue weighted by Gasteiger charge is -2.20. The lowest BCUT2D eigenvalue weighted by molar-refractivity contribution is -0.139. The molecule has 2 aliphatic heterocycles. The van der Waals surface area contributed by atoms with Gasteiger partial charge in [-0.2, -0.15) is 0 Å². The van der Waals surface area contributed by atoms with Crippen molar-refractivity contribution < 1.29 is 14.0 Å². The Hall–Kier alpha value is -3.12. The zero-order valence-electron chi connectivity index (χ0n) is 18.1. The van der Waals surface area contributed by atoms with Crippen LogP contribution in [0.5, 0.6) is 0 Å². The molecule has 32 heavy (non-hydrogen) atoms. The highest BCUT2D eigenvalue weighted by atomic mass is 35.5. The van der Waals surface area contributed by atoms with E-state index in [9.17, 15) is 14.0 Å². The highest BCUT2D eigenvalue weighted by Crippen LogP contribution is 2.48. The van der Waals surface area contributed by atoms with Crippen molar-refractivity contribution in [2.75, 3.05) is 11.9 Å². The Bertz CT molecular complexity index is 1320. The highest BCUT2D eigenvalue weighted by molar-refractivity contribution is 6.31. The number of imide groups is 1. The number of benzene rings is 2. The first-order valence-electron chi connectivity index (χ1n) is 10.7. The van der Waals surface area contributed by atoms with E-state index in [0.717, 1.165) is 28.7 Å². The molecule has 3 heterocycles. The molecule has 7 heteroatoms. The van der Waals surface area contributed by atoms with Gasteiger partial charge in [-0.25, -0.2) is 4.39 Å². The van der Waals surface area contributed by atoms with E-state index in [1.54, 1.807) is 6.07 Å². The van der Waals surface area contributed by atoms with Gasteiger partial charge in [-0.05, 0) is 41.3 Å². The first kappa shape index (κ1) is 20.8. The van der Waals surface area contributed by atoms with E-state index >= 15 is 0 Å². The summed E-state index contributed by atoms with van der Waals surface area (Å²) in [6.07, 6.45) is 2.07. The van der Waals surface area contributed by atoms with Crippen LogP contribution >= 0.6 is 11.6 Å². The van der Waals surface area contributed by atoms with Crippen molar-refractivity contribution in [1.82, 2.24) is 9.47 Å². The van der Waals surface area contributed by atoms with Crippen LogP contribution in [0.25, 0.3) is 10.9 Å². The summed E-state index contributed by atoms with van der Waals surface area (Å²) in [7, 11) is 0. The third kappa shape index (κ3) is 3.13. The number of carbonyl (C=O) groups is 2. The van der Waals surface area contributed by atoms with Crippen molar-refractivity contribution in [3.05, 3.63) is 75.8 Å². The second kappa shape index (κ2) is 7.48. The molecule has 164 valence electrons. The number of halogens is 2. The van der Waals surface area contributed by atoms with Crippen LogP contribution in [0.3, 0.4) is 0 Å². The molecule has 0 aliphatic carbocycles. The summed E-state index contributed by atoms with van der Waals surface area (Å²) < 4.78 is 16.1. The third-order valence-electron chi connectivity index (χ3n) is 6.15. The van der Waals surface area contributed by atoms with Crippen LogP contribution in [-0.2, 0) is 16.1 Å². The maximum Gasteiger partial charge on any atom is 0.259 e. The van der Waals surface area contributed by atoms with E-state index in [-0.39, 0.29) is 23.4 Å². The Morgan fingerprint density at radius 3 is 2.72 bits per heavy atom. The zero-order valence-corrected chi connectivity index (χ0v) is 18.8. The molecule has 1 atom stereocenters. The summed E-state index contributed by atoms with van der Waals surface area (Å²) in [4.78, 5) is 26.8. The molecule has 1 N–H and O–H groups in total. The van der Waals surface area contributed by atoms with E-state index in [2.05, 4.69) is 36.0 Å². The Kier molecular flexibility index (Phi) is 4.86. The van der Waals surface area contributed by atoms with Crippen molar-refractivity contribution in [1.29, 1.82) is 0 Å². The van der Waals surface area contributed by atoms with Gasteiger partial charge < -0.3 is 9.88 Å². The average Bonchev–Trinajstić information content (AvgIpc) is 3.18. The van der Waals surface area contributed by atoms with E-state index in [0.29, 0.717) is 22.8 Å². The van der Waals surface area contributed by atoms with Crippen molar-refractivity contribution in [3.8, 4) is 0 Å². The molecule has 0 saturated heterocycles. The van der Waals surface area contributed by atoms with Gasteiger partial charge >= 0.3 is 0 Å². The monoisotopic (exact) mass is 451 g/mol. The van der Waals surface area contributed by atoms with Gasteiger partial charge in [0.1, 0.15) is 5.82 Å². The van der Waals surface area contributed by atoms with Crippen molar-refractivity contribution in [2.45, 2.75) is 33.2 Å². The Labute approximate surface area is 190 Å². The van der Waals surface area contributed by atoms with Crippen molar-refractivity contribution in [3.63, 3.8) is 0 Å². The van der Waals surface area contributed by atoms with E-state index in [1.807, 2.05) is 12.1 Å². The molecule has 0 bridgehead atoms. The summed E-state index contributed by atoms with van der Waals surface area (Å²) in [5.74, 6) is -1.21. The molecule has 0 saturated carbocycles. The third-order valence-corrected chi connectivity index (χ3v) is 6.48. The predicted molar refractivity (Wildman–Crippen MR) is 123 cm³/mol. The number of amides is 2. The number of nitrogens with one attached hydrogen (secondary N) is 1. The number of rotatable bonds is 3. The molecular formula is C25H23ClFN3O2. The number of hydrogen-bond acceptors (Lipinski definition) is 3. The standard InChI is InChI=1S/C25H23ClFN3O2/c1-13(2)10-29-11-17-22(16-8-7-15(27)9-18(16)26)24-20(12-30(14(3)31)25(24)32)28-19-5-4-6-21(29)23(17)19/h4-9,11,13,22,28H,10,12H2,1-3H3/t22-/m1/s1. The van der Waals surface area contributed by atoms with Gasteiger partial charge in [-0.1, -0.05) is 37.6 Å². The summed E-state index contributed by atoms with van der Waals surface area (Å²) in [6, 6.07) is 10.3. The molecule has 5 nitrogen and oxygen atoms in total. The SMILES string of the molecule is CC(=O)N1CC2=C(C1=O)[C@H](c1ccc(F)cc1Cl)c1cn(CC(C)C)c3cccc(c13)N2. The van der Waals surface area contributed by atoms with Gasteiger partial charge in [0.25, 0.3) is 5.91 Å². The summed E-state index contributed by atoms with van der Waals surface area (Å²) >= 11 is 6.52. The predicted octanol–water partition coefficient (Wildman–Crippen LogP) is 5.29. The molecule has 0 spiro atoms. The van der Waals surface area contributed by atoms with Gasteiger partial charge in [0.05, 0.1) is 17.6 Å². The molecule has 0 fully saturated rings. The van der Waals surface area contributed by atoms with Gasteiger partial charge in [0.15, 0.2) is 0 Å². The van der Waals surface area contributed by atoms with Crippen LogP contribution in [0, 0.1) is 11.7 Å². The minimum atomic E-state index is -0.526. The molecular weight excluding hydrogens is 429 g/mol. The quantitative estimate of drug-likeness (QED) is 0.588. The molecule has 3 aromatic rings. The average molecular weight is 452 g/mol. The second-order valence-electron chi connectivity index (χ2n) is 8.86. The number of nitrogens with zero attached hydrogens (tertiary/aromatic N) is 2. The van der Waals surface area contributed by atoms with Gasteiger partial charge in [-0.3, -0.25) is 14.5 Å². The van der Waals surface area contributed by atoms with Crippen LogP contribution in [0.2, 0.25) is 5.02 Å². The van der Waals surface area contributed by atoms with Gasteiger partial charge in [0.2, 0.25) is 5.91 Å². The minimum Gasteiger partial charge on any atom is -0.356 e.